The smallest absolute Gasteiger partial charge is 0.319 e. The monoisotopic (exact) mass is 382 g/mol. The maximum atomic E-state index is 12.7. The van der Waals surface area contributed by atoms with Gasteiger partial charge in [0, 0.05) is 30.9 Å². The average molecular weight is 382 g/mol. The van der Waals surface area contributed by atoms with E-state index in [0.717, 1.165) is 51.1 Å². The number of aromatic nitrogens is 3. The molecule has 1 aromatic carbocycles. The molecule has 8 heteroatoms. The van der Waals surface area contributed by atoms with Crippen molar-refractivity contribution < 1.29 is 9.59 Å². The lowest BCUT2D eigenvalue weighted by Gasteiger charge is -2.23. The molecule has 2 aliphatic heterocycles. The predicted molar refractivity (Wildman–Crippen MR) is 105 cm³/mol. The van der Waals surface area contributed by atoms with E-state index < -0.39 is 0 Å². The molecule has 2 aliphatic rings. The SMILES string of the molecule is O=C(Nc1ccc(C(=O)N2CCCCCC2)cc1)NC1CCCn2ncnc21. The van der Waals surface area contributed by atoms with Gasteiger partial charge >= 0.3 is 6.03 Å². The van der Waals surface area contributed by atoms with E-state index in [4.69, 9.17) is 0 Å². The van der Waals surface area contributed by atoms with Crippen LogP contribution in [0.3, 0.4) is 0 Å². The van der Waals surface area contributed by atoms with Crippen LogP contribution in [0.2, 0.25) is 0 Å². The van der Waals surface area contributed by atoms with Gasteiger partial charge in [-0.25, -0.2) is 14.5 Å². The fraction of sp³-hybridized carbons (Fsp3) is 0.500. The molecule has 0 aliphatic carbocycles. The van der Waals surface area contributed by atoms with Crippen molar-refractivity contribution in [2.75, 3.05) is 18.4 Å². The molecule has 0 spiro atoms. The number of likely N-dealkylation sites (tertiary alicyclic amines) is 1. The van der Waals surface area contributed by atoms with E-state index in [1.165, 1.54) is 19.2 Å². The molecule has 2 N–H and O–H groups in total. The molecule has 0 bridgehead atoms. The van der Waals surface area contributed by atoms with Crippen molar-refractivity contribution in [3.8, 4) is 0 Å². The Bertz CT molecular complexity index is 823. The summed E-state index contributed by atoms with van der Waals surface area (Å²) >= 11 is 0. The Kier molecular flexibility index (Phi) is 5.55. The topological polar surface area (TPSA) is 92.2 Å². The largest absolute Gasteiger partial charge is 0.339 e. The zero-order valence-corrected chi connectivity index (χ0v) is 15.9. The molecule has 1 atom stereocenters. The lowest BCUT2D eigenvalue weighted by atomic mass is 10.1. The highest BCUT2D eigenvalue weighted by molar-refractivity contribution is 5.95. The molecule has 8 nitrogen and oxygen atoms in total. The van der Waals surface area contributed by atoms with Crippen LogP contribution in [-0.4, -0.2) is 44.7 Å². The quantitative estimate of drug-likeness (QED) is 0.854. The van der Waals surface area contributed by atoms with Gasteiger partial charge < -0.3 is 15.5 Å². The lowest BCUT2D eigenvalue weighted by molar-refractivity contribution is 0.0761. The third-order valence-electron chi connectivity index (χ3n) is 5.41. The Balaban J connectivity index is 1.34. The van der Waals surface area contributed by atoms with Gasteiger partial charge in [0.05, 0.1) is 6.04 Å². The molecule has 2 aromatic rings. The van der Waals surface area contributed by atoms with Crippen molar-refractivity contribution >= 4 is 17.6 Å². The van der Waals surface area contributed by atoms with E-state index in [2.05, 4.69) is 20.7 Å². The highest BCUT2D eigenvalue weighted by Gasteiger charge is 2.24. The number of urea groups is 1. The molecule has 1 saturated heterocycles. The van der Waals surface area contributed by atoms with E-state index in [1.54, 1.807) is 24.3 Å². The van der Waals surface area contributed by atoms with Crippen molar-refractivity contribution in [2.24, 2.45) is 0 Å². The van der Waals surface area contributed by atoms with Gasteiger partial charge in [-0.05, 0) is 49.9 Å². The summed E-state index contributed by atoms with van der Waals surface area (Å²) in [6, 6.07) is 6.68. The Morgan fingerprint density at radius 1 is 0.964 bits per heavy atom. The van der Waals surface area contributed by atoms with Crippen molar-refractivity contribution in [3.05, 3.63) is 42.0 Å². The minimum absolute atomic E-state index is 0.0689. The summed E-state index contributed by atoms with van der Waals surface area (Å²) in [6.45, 7) is 2.49. The van der Waals surface area contributed by atoms with Crippen LogP contribution in [0.5, 0.6) is 0 Å². The van der Waals surface area contributed by atoms with Crippen molar-refractivity contribution in [3.63, 3.8) is 0 Å². The number of nitrogens with zero attached hydrogens (tertiary/aromatic N) is 4. The van der Waals surface area contributed by atoms with Gasteiger partial charge in [-0.2, -0.15) is 5.10 Å². The minimum atomic E-state index is -0.284. The summed E-state index contributed by atoms with van der Waals surface area (Å²) in [5.74, 6) is 0.860. The van der Waals surface area contributed by atoms with Gasteiger partial charge in [0.15, 0.2) is 0 Å². The molecular formula is C20H26N6O2. The van der Waals surface area contributed by atoms with Crippen LogP contribution in [0.15, 0.2) is 30.6 Å². The molecule has 1 aromatic heterocycles. The first-order chi connectivity index (χ1) is 13.7. The first kappa shape index (κ1) is 18.5. The number of anilines is 1. The van der Waals surface area contributed by atoms with Crippen LogP contribution >= 0.6 is 0 Å². The summed E-state index contributed by atoms with van der Waals surface area (Å²) < 4.78 is 1.83. The number of hydrogen-bond donors (Lipinski definition) is 2. The highest BCUT2D eigenvalue weighted by Crippen LogP contribution is 2.22. The molecule has 0 saturated carbocycles. The minimum Gasteiger partial charge on any atom is -0.339 e. The summed E-state index contributed by atoms with van der Waals surface area (Å²) in [6.07, 6.45) is 7.84. The Hall–Kier alpha value is -2.90. The molecular weight excluding hydrogens is 356 g/mol. The maximum Gasteiger partial charge on any atom is 0.319 e. The van der Waals surface area contributed by atoms with Gasteiger partial charge in [0.1, 0.15) is 12.2 Å². The average Bonchev–Trinajstić information content (AvgIpc) is 3.03. The van der Waals surface area contributed by atoms with Crippen molar-refractivity contribution in [1.82, 2.24) is 25.0 Å². The number of amides is 3. The number of rotatable bonds is 3. The molecule has 3 amide bonds. The summed E-state index contributed by atoms with van der Waals surface area (Å²) in [5.41, 5.74) is 1.32. The second-order valence-corrected chi connectivity index (χ2v) is 7.42. The predicted octanol–water partition coefficient (Wildman–Crippen LogP) is 2.95. The third kappa shape index (κ3) is 4.16. The standard InChI is InChI=1S/C20H26N6O2/c27-19(25-11-3-1-2-4-12-25)15-7-9-16(10-8-15)23-20(28)24-17-6-5-13-26-18(17)21-14-22-26/h7-10,14,17H,1-6,11-13H2,(H2,23,24,28). The zero-order chi connectivity index (χ0) is 19.3. The summed E-state index contributed by atoms with van der Waals surface area (Å²) in [7, 11) is 0. The third-order valence-corrected chi connectivity index (χ3v) is 5.41. The van der Waals surface area contributed by atoms with E-state index in [-0.39, 0.29) is 18.0 Å². The second kappa shape index (κ2) is 8.41. The Morgan fingerprint density at radius 2 is 1.71 bits per heavy atom. The first-order valence-corrected chi connectivity index (χ1v) is 10.1. The first-order valence-electron chi connectivity index (χ1n) is 10.1. The Labute approximate surface area is 164 Å². The highest BCUT2D eigenvalue weighted by atomic mass is 16.2. The fourth-order valence-electron chi connectivity index (χ4n) is 3.90. The second-order valence-electron chi connectivity index (χ2n) is 7.42. The van der Waals surface area contributed by atoms with Gasteiger partial charge in [-0.1, -0.05) is 12.8 Å². The number of benzene rings is 1. The van der Waals surface area contributed by atoms with E-state index >= 15 is 0 Å². The number of fused-ring (bicyclic) bond motifs is 1. The maximum absolute atomic E-state index is 12.7. The van der Waals surface area contributed by atoms with Crippen LogP contribution in [0.25, 0.3) is 0 Å². The van der Waals surface area contributed by atoms with Gasteiger partial charge in [-0.3, -0.25) is 4.79 Å². The molecule has 1 fully saturated rings. The number of hydrogen-bond acceptors (Lipinski definition) is 4. The fourth-order valence-corrected chi connectivity index (χ4v) is 3.90. The zero-order valence-electron chi connectivity index (χ0n) is 15.9. The van der Waals surface area contributed by atoms with Crippen molar-refractivity contribution in [2.45, 2.75) is 51.1 Å². The van der Waals surface area contributed by atoms with Gasteiger partial charge in [0.25, 0.3) is 5.91 Å². The van der Waals surface area contributed by atoms with E-state index in [0.29, 0.717) is 11.3 Å². The van der Waals surface area contributed by atoms with Gasteiger partial charge in [0.2, 0.25) is 0 Å². The van der Waals surface area contributed by atoms with E-state index in [9.17, 15) is 9.59 Å². The van der Waals surface area contributed by atoms with Crippen LogP contribution in [0.1, 0.15) is 60.7 Å². The summed E-state index contributed by atoms with van der Waals surface area (Å²) in [4.78, 5) is 31.2. The molecule has 148 valence electrons. The normalized spacial score (nSPS) is 19.4. The molecule has 0 radical (unpaired) electrons. The molecule has 1 unspecified atom stereocenters. The number of nitrogens with one attached hydrogen (secondary N) is 2. The van der Waals surface area contributed by atoms with Crippen molar-refractivity contribution in [1.29, 1.82) is 0 Å². The Morgan fingerprint density at radius 3 is 2.46 bits per heavy atom. The van der Waals surface area contributed by atoms with Crippen LogP contribution in [0, 0.1) is 0 Å². The van der Waals surface area contributed by atoms with Crippen LogP contribution in [0.4, 0.5) is 10.5 Å². The van der Waals surface area contributed by atoms with Crippen LogP contribution in [-0.2, 0) is 6.54 Å². The van der Waals surface area contributed by atoms with Crippen LogP contribution < -0.4 is 10.6 Å². The number of carbonyl (C=O) groups is 2. The lowest BCUT2D eigenvalue weighted by Crippen LogP contribution is -2.36. The summed E-state index contributed by atoms with van der Waals surface area (Å²) in [5, 5.41) is 9.96. The van der Waals surface area contributed by atoms with E-state index in [1.807, 2.05) is 9.58 Å². The number of aryl methyl sites for hydroxylation is 1. The molecule has 4 rings (SSSR count). The van der Waals surface area contributed by atoms with Gasteiger partial charge in [-0.15, -0.1) is 0 Å². The molecule has 28 heavy (non-hydrogen) atoms. The number of carbonyl (C=O) groups excluding carboxylic acids is 2. The molecule has 3 heterocycles.